The first-order valence-electron chi connectivity index (χ1n) is 12.8. The molecule has 0 unspecified atom stereocenters. The van der Waals surface area contributed by atoms with Crippen molar-refractivity contribution < 1.29 is 23.6 Å². The Kier molecular flexibility index (Phi) is 8.54. The van der Waals surface area contributed by atoms with E-state index in [1.54, 1.807) is 41.1 Å². The van der Waals surface area contributed by atoms with E-state index < -0.39 is 11.9 Å². The van der Waals surface area contributed by atoms with Crippen LogP contribution in [0.1, 0.15) is 49.5 Å². The van der Waals surface area contributed by atoms with Gasteiger partial charge in [0.2, 0.25) is 11.8 Å². The van der Waals surface area contributed by atoms with E-state index in [0.717, 1.165) is 0 Å². The molecular formula is C28H31ClFN5O4. The number of Topliss-reactive ketones (excluding diaryl/α,β-unsaturated/α-hetero) is 1. The van der Waals surface area contributed by atoms with Crippen LogP contribution in [0.25, 0.3) is 10.9 Å². The second-order valence-corrected chi connectivity index (χ2v) is 10.3. The Labute approximate surface area is 230 Å². The van der Waals surface area contributed by atoms with Gasteiger partial charge in [0, 0.05) is 53.0 Å². The number of nitrogens with zero attached hydrogens (tertiary/aromatic N) is 2. The summed E-state index contributed by atoms with van der Waals surface area (Å²) in [4.78, 5) is 52.3. The molecule has 0 aliphatic carbocycles. The van der Waals surface area contributed by atoms with Crippen LogP contribution in [0.2, 0.25) is 5.02 Å². The Hall–Kier alpha value is -3.92. The van der Waals surface area contributed by atoms with Gasteiger partial charge in [-0.05, 0) is 57.9 Å². The van der Waals surface area contributed by atoms with Crippen LogP contribution in [0.3, 0.4) is 0 Å². The van der Waals surface area contributed by atoms with Crippen LogP contribution in [-0.4, -0.2) is 51.7 Å². The molecule has 4 amide bonds. The number of benzene rings is 2. The smallest absolute Gasteiger partial charge is 0.319 e. The predicted molar refractivity (Wildman–Crippen MR) is 147 cm³/mol. The topological polar surface area (TPSA) is 113 Å². The maximum atomic E-state index is 14.2. The van der Waals surface area contributed by atoms with Gasteiger partial charge in [-0.1, -0.05) is 23.7 Å². The number of nitrogens with one attached hydrogen (secondary N) is 3. The molecule has 2 aromatic carbocycles. The maximum absolute atomic E-state index is 14.2. The zero-order valence-corrected chi connectivity index (χ0v) is 22.8. The van der Waals surface area contributed by atoms with Crippen molar-refractivity contribution in [1.29, 1.82) is 0 Å². The number of aromatic nitrogens is 1. The zero-order valence-electron chi connectivity index (χ0n) is 22.0. The zero-order chi connectivity index (χ0) is 28.3. The molecule has 1 aromatic heterocycles. The van der Waals surface area contributed by atoms with Crippen molar-refractivity contribution in [3.63, 3.8) is 0 Å². The predicted octanol–water partition coefficient (Wildman–Crippen LogP) is 4.47. The lowest BCUT2D eigenvalue weighted by Gasteiger charge is -2.24. The van der Waals surface area contributed by atoms with Crippen molar-refractivity contribution in [2.24, 2.45) is 0 Å². The summed E-state index contributed by atoms with van der Waals surface area (Å²) >= 11 is 5.82. The molecule has 0 spiro atoms. The van der Waals surface area contributed by atoms with E-state index in [1.807, 2.05) is 13.8 Å². The highest BCUT2D eigenvalue weighted by molar-refractivity contribution is 6.30. The molecule has 39 heavy (non-hydrogen) atoms. The standard InChI is InChI=1S/C28H31ClFN5O4/c1-16(2)32-28(39)33-19-9-10-23-20(12-19)21(17(3)36)14-34(23)15-25(37)35-11-5-8-24(35)27(38)31-13-18-6-4-7-22(29)26(18)30/h4,6-7,9-10,12,14,16,24H,5,8,11,13,15H2,1-3H3,(H,31,38)(H2,32,33,39)/t24-/m0/s1. The molecule has 1 aliphatic heterocycles. The first-order valence-corrected chi connectivity index (χ1v) is 13.1. The van der Waals surface area contributed by atoms with E-state index in [-0.39, 0.29) is 53.3 Å². The minimum absolute atomic E-state index is 0.0231. The molecule has 1 fully saturated rings. The van der Waals surface area contributed by atoms with Gasteiger partial charge in [0.15, 0.2) is 5.78 Å². The SMILES string of the molecule is CC(=O)c1cn(CC(=O)N2CCC[C@H]2C(=O)NCc2cccc(Cl)c2F)c2ccc(NC(=O)NC(C)C)cc12. The fourth-order valence-corrected chi connectivity index (χ4v) is 4.97. The first-order chi connectivity index (χ1) is 18.5. The Morgan fingerprint density at radius 1 is 1.15 bits per heavy atom. The molecule has 1 aliphatic rings. The monoisotopic (exact) mass is 555 g/mol. The first kappa shape index (κ1) is 28.1. The van der Waals surface area contributed by atoms with Gasteiger partial charge in [0.25, 0.3) is 0 Å². The number of hydrogen-bond donors (Lipinski definition) is 3. The molecule has 206 valence electrons. The molecule has 9 nitrogen and oxygen atoms in total. The number of urea groups is 1. The van der Waals surface area contributed by atoms with Crippen molar-refractivity contribution in [2.45, 2.75) is 58.8 Å². The number of hydrogen-bond acceptors (Lipinski definition) is 4. The van der Waals surface area contributed by atoms with Crippen molar-refractivity contribution in [1.82, 2.24) is 20.1 Å². The third-order valence-electron chi connectivity index (χ3n) is 6.60. The number of carbonyl (C=O) groups excluding carboxylic acids is 4. The summed E-state index contributed by atoms with van der Waals surface area (Å²) < 4.78 is 15.9. The molecular weight excluding hydrogens is 525 g/mol. The fourth-order valence-electron chi connectivity index (χ4n) is 4.78. The largest absolute Gasteiger partial charge is 0.350 e. The second kappa shape index (κ2) is 11.9. The summed E-state index contributed by atoms with van der Waals surface area (Å²) in [5.41, 5.74) is 1.85. The van der Waals surface area contributed by atoms with E-state index in [9.17, 15) is 23.6 Å². The lowest BCUT2D eigenvalue weighted by Crippen LogP contribution is -2.46. The molecule has 1 atom stereocenters. The van der Waals surface area contributed by atoms with Gasteiger partial charge in [-0.15, -0.1) is 0 Å². The number of fused-ring (bicyclic) bond motifs is 1. The van der Waals surface area contributed by atoms with Crippen LogP contribution in [0.5, 0.6) is 0 Å². The molecule has 0 bridgehead atoms. The highest BCUT2D eigenvalue weighted by Gasteiger charge is 2.34. The summed E-state index contributed by atoms with van der Waals surface area (Å²) in [6.07, 6.45) is 2.78. The summed E-state index contributed by atoms with van der Waals surface area (Å²) in [7, 11) is 0. The number of anilines is 1. The Bertz CT molecular complexity index is 1440. The lowest BCUT2D eigenvalue weighted by molar-refractivity contribution is -0.138. The second-order valence-electron chi connectivity index (χ2n) is 9.89. The third kappa shape index (κ3) is 6.39. The molecule has 4 rings (SSSR count). The maximum Gasteiger partial charge on any atom is 0.319 e. The van der Waals surface area contributed by atoms with Gasteiger partial charge in [0.1, 0.15) is 18.4 Å². The molecule has 11 heteroatoms. The van der Waals surface area contributed by atoms with Crippen LogP contribution in [0, 0.1) is 5.82 Å². The molecule has 0 saturated carbocycles. The van der Waals surface area contributed by atoms with E-state index in [2.05, 4.69) is 16.0 Å². The average molecular weight is 556 g/mol. The van der Waals surface area contributed by atoms with Crippen molar-refractivity contribution in [3.05, 3.63) is 64.6 Å². The summed E-state index contributed by atoms with van der Waals surface area (Å²) in [6, 6.07) is 8.65. The molecule has 1 saturated heterocycles. The highest BCUT2D eigenvalue weighted by Crippen LogP contribution is 2.27. The van der Waals surface area contributed by atoms with Gasteiger partial charge >= 0.3 is 6.03 Å². The van der Waals surface area contributed by atoms with Crippen LogP contribution in [0.15, 0.2) is 42.6 Å². The third-order valence-corrected chi connectivity index (χ3v) is 6.90. The minimum Gasteiger partial charge on any atom is -0.350 e. The normalized spacial score (nSPS) is 15.0. The van der Waals surface area contributed by atoms with Gasteiger partial charge in [-0.25, -0.2) is 9.18 Å². The van der Waals surface area contributed by atoms with Crippen LogP contribution < -0.4 is 16.0 Å². The quantitative estimate of drug-likeness (QED) is 0.356. The van der Waals surface area contributed by atoms with Gasteiger partial charge in [-0.2, -0.15) is 0 Å². The number of likely N-dealkylation sites (tertiary alicyclic amines) is 1. The van der Waals surface area contributed by atoms with E-state index >= 15 is 0 Å². The Morgan fingerprint density at radius 3 is 2.64 bits per heavy atom. The minimum atomic E-state index is -0.677. The van der Waals surface area contributed by atoms with Gasteiger partial charge < -0.3 is 25.4 Å². The number of halogens is 2. The lowest BCUT2D eigenvalue weighted by atomic mass is 10.1. The van der Waals surface area contributed by atoms with Crippen molar-refractivity contribution >= 4 is 51.8 Å². The van der Waals surface area contributed by atoms with E-state index in [0.29, 0.717) is 41.5 Å². The fraction of sp³-hybridized carbons (Fsp3) is 0.357. The van der Waals surface area contributed by atoms with Gasteiger partial charge in [0.05, 0.1) is 5.02 Å². The summed E-state index contributed by atoms with van der Waals surface area (Å²) in [5, 5.41) is 8.80. The number of ketones is 1. The van der Waals surface area contributed by atoms with Crippen molar-refractivity contribution in [2.75, 3.05) is 11.9 Å². The molecule has 3 N–H and O–H groups in total. The van der Waals surface area contributed by atoms with E-state index in [4.69, 9.17) is 11.6 Å². The summed E-state index contributed by atoms with van der Waals surface area (Å²) in [6.45, 7) is 5.44. The van der Waals surface area contributed by atoms with Gasteiger partial charge in [-0.3, -0.25) is 14.4 Å². The van der Waals surface area contributed by atoms with E-state index in [1.165, 1.54) is 17.9 Å². The van der Waals surface area contributed by atoms with Crippen LogP contribution in [0.4, 0.5) is 14.9 Å². The Morgan fingerprint density at radius 2 is 1.92 bits per heavy atom. The number of carbonyl (C=O) groups is 4. The van der Waals surface area contributed by atoms with Crippen LogP contribution in [-0.2, 0) is 22.7 Å². The molecule has 3 aromatic rings. The Balaban J connectivity index is 1.49. The number of amides is 4. The van der Waals surface area contributed by atoms with Crippen molar-refractivity contribution in [3.8, 4) is 0 Å². The average Bonchev–Trinajstić information content (AvgIpc) is 3.50. The highest BCUT2D eigenvalue weighted by atomic mass is 35.5. The molecule has 2 heterocycles. The van der Waals surface area contributed by atoms with Crippen LogP contribution >= 0.6 is 11.6 Å². The number of rotatable bonds is 8. The summed E-state index contributed by atoms with van der Waals surface area (Å²) in [5.74, 6) is -1.40. The molecule has 0 radical (unpaired) electrons.